The fourth-order valence-electron chi connectivity index (χ4n) is 7.88. The Kier molecular flexibility index (Phi) is 32.5. The molecule has 9 amide bonds. The lowest BCUT2D eigenvalue weighted by Crippen LogP contribution is -2.57. The van der Waals surface area contributed by atoms with E-state index in [-0.39, 0.29) is 95.0 Å². The van der Waals surface area contributed by atoms with Crippen LogP contribution in [0.15, 0.2) is 34.3 Å². The van der Waals surface area contributed by atoms with Crippen LogP contribution in [-0.4, -0.2) is 191 Å². The summed E-state index contributed by atoms with van der Waals surface area (Å²) < 4.78 is 0. The third-order valence-electron chi connectivity index (χ3n) is 12.1. The van der Waals surface area contributed by atoms with Gasteiger partial charge in [-0.2, -0.15) is 0 Å². The molecule has 78 heavy (non-hydrogen) atoms. The van der Waals surface area contributed by atoms with E-state index in [0.29, 0.717) is 70.3 Å². The molecule has 24 N–H and O–H groups in total. The van der Waals surface area contributed by atoms with Gasteiger partial charge < -0.3 is 97.5 Å². The number of carbonyl (C=O) groups is 9. The molecule has 0 bridgehead atoms. The molecule has 0 saturated carbocycles. The Hall–Kier alpha value is -6.96. The fourth-order valence-corrected chi connectivity index (χ4v) is 7.88. The van der Waals surface area contributed by atoms with Gasteiger partial charge in [0.15, 0.2) is 5.96 Å². The van der Waals surface area contributed by atoms with Crippen LogP contribution in [0.25, 0.3) is 0 Å². The minimum absolute atomic E-state index is 0.0332. The van der Waals surface area contributed by atoms with Gasteiger partial charge in [0.05, 0.1) is 31.5 Å². The first kappa shape index (κ1) is 67.2. The third kappa shape index (κ3) is 25.5. The Labute approximate surface area is 453 Å². The lowest BCUT2D eigenvalue weighted by atomic mass is 10.1. The van der Waals surface area contributed by atoms with Crippen LogP contribution in [-0.2, 0) is 49.6 Å². The lowest BCUT2D eigenvalue weighted by molar-refractivity contribution is -0.136. The van der Waals surface area contributed by atoms with Crippen LogP contribution in [0.1, 0.15) is 103 Å². The molecule has 1 aromatic rings. The second kappa shape index (κ2) is 37.8. The largest absolute Gasteiger partial charge is 0.391 e. The number of imidazole rings is 1. The van der Waals surface area contributed by atoms with Gasteiger partial charge in [0.1, 0.15) is 41.6 Å². The van der Waals surface area contributed by atoms with Crippen molar-refractivity contribution in [3.63, 3.8) is 0 Å². The standard InChI is InChI=1S/C48H85N19O11/c1-29(68)40(66-38(70)24-31(69)25-53)46(77)59-27-39(71)61-35(13-8-19-52)47(78)67-22-10-15-37(67)45(76)65-36(23-30-26-56-28-60-30)44(75)64-33(12-3-5-17-50)42(73)63-34(14-9-21-58-48(54)55)43(74)62-32(11-2-4-16-49)41(72)57-20-7-6-18-51/h14,26,28-29,31-33,36-37,40,68-69H,2-13,15-25,27,49-53H2,1H3,(H,56,60)(H,57,72)(H,59,77)(H,62,74)(H,63,73)(H,64,75)(H,65,76)(H,66,70)(H4,54,55,58)/b34-14-,61-35?/t29-,31+,32-,33-,36-,37-,40-/m0/s1. The van der Waals surface area contributed by atoms with Gasteiger partial charge >= 0.3 is 0 Å². The first-order valence-electron chi connectivity index (χ1n) is 26.4. The summed E-state index contributed by atoms with van der Waals surface area (Å²) in [5, 5.41) is 38.0. The van der Waals surface area contributed by atoms with Crippen LogP contribution < -0.4 is 77.4 Å². The number of aromatic amines is 1. The van der Waals surface area contributed by atoms with E-state index in [4.69, 9.17) is 40.1 Å². The highest BCUT2D eigenvalue weighted by atomic mass is 16.3. The van der Waals surface area contributed by atoms with Crippen molar-refractivity contribution in [3.8, 4) is 0 Å². The SMILES string of the molecule is C[C@H](O)[C@H](NC(=O)C[C@@H](O)CN)C(=O)NCC(=O)N=C(CCCN)C(=O)N1CCC[C@H]1C(=O)N[C@@H](Cc1cnc[nH]1)C(=O)N[C@@H](CCCCN)C(=O)N/C(=C\CCN=C(N)N)C(=O)N[C@@H](CCCCN)C(=O)NCCCCN. The maximum atomic E-state index is 14.4. The predicted octanol–water partition coefficient (Wildman–Crippen LogP) is -6.43. The van der Waals surface area contributed by atoms with Crippen molar-refractivity contribution in [1.82, 2.24) is 52.1 Å². The summed E-state index contributed by atoms with van der Waals surface area (Å²) in [4.78, 5) is 139. The summed E-state index contributed by atoms with van der Waals surface area (Å²) in [6.45, 7) is 1.81. The summed E-state index contributed by atoms with van der Waals surface area (Å²) in [5.74, 6) is -7.36. The van der Waals surface area contributed by atoms with Gasteiger partial charge in [0.2, 0.25) is 35.4 Å². The van der Waals surface area contributed by atoms with Crippen molar-refractivity contribution in [3.05, 3.63) is 30.0 Å². The van der Waals surface area contributed by atoms with Crippen molar-refractivity contribution in [2.75, 3.05) is 58.9 Å². The number of aliphatic imine (C=N–C) groups is 2. The quantitative estimate of drug-likeness (QED) is 0.0127. The first-order valence-corrected chi connectivity index (χ1v) is 26.4. The molecule has 1 saturated heterocycles. The number of carbonyl (C=O) groups excluding carboxylic acids is 9. The van der Waals surface area contributed by atoms with Crippen LogP contribution in [0, 0.1) is 0 Å². The topological polar surface area (TPSA) is 517 Å². The Morgan fingerprint density at radius 2 is 1.45 bits per heavy atom. The molecule has 1 fully saturated rings. The van der Waals surface area contributed by atoms with Crippen LogP contribution in [0.5, 0.6) is 0 Å². The number of hydrogen-bond donors (Lipinski definition) is 17. The fraction of sp³-hybridized carbons (Fsp3) is 0.667. The zero-order valence-corrected chi connectivity index (χ0v) is 44.6. The predicted molar refractivity (Wildman–Crippen MR) is 288 cm³/mol. The molecule has 7 atom stereocenters. The van der Waals surface area contributed by atoms with E-state index in [9.17, 15) is 53.4 Å². The Morgan fingerprint density at radius 3 is 2.05 bits per heavy atom. The summed E-state index contributed by atoms with van der Waals surface area (Å²) in [6, 6.07) is -6.39. The van der Waals surface area contributed by atoms with Crippen molar-refractivity contribution in [1.29, 1.82) is 0 Å². The number of aromatic nitrogens is 2. The molecule has 438 valence electrons. The number of amides is 9. The number of likely N-dealkylation sites (tertiary alicyclic amines) is 1. The maximum Gasteiger partial charge on any atom is 0.269 e. The molecule has 0 aromatic carbocycles. The van der Waals surface area contributed by atoms with Gasteiger partial charge in [-0.25, -0.2) is 9.98 Å². The van der Waals surface area contributed by atoms with E-state index >= 15 is 0 Å². The summed E-state index contributed by atoms with van der Waals surface area (Å²) >= 11 is 0. The molecule has 1 aromatic heterocycles. The number of hydrogen-bond acceptors (Lipinski definition) is 18. The Balaban J connectivity index is 2.42. The molecule has 0 unspecified atom stereocenters. The molecule has 1 aliphatic rings. The molecule has 1 aliphatic heterocycles. The number of rotatable bonds is 38. The van der Waals surface area contributed by atoms with Crippen molar-refractivity contribution in [2.45, 2.75) is 146 Å². The Morgan fingerprint density at radius 1 is 0.795 bits per heavy atom. The number of aliphatic hydroxyl groups excluding tert-OH is 2. The molecule has 2 rings (SSSR count). The zero-order chi connectivity index (χ0) is 58.0. The second-order valence-corrected chi connectivity index (χ2v) is 18.6. The summed E-state index contributed by atoms with van der Waals surface area (Å²) in [6.07, 6.45) is 5.07. The van der Waals surface area contributed by atoms with Crippen LogP contribution in [0.3, 0.4) is 0 Å². The van der Waals surface area contributed by atoms with Gasteiger partial charge in [0.25, 0.3) is 17.7 Å². The third-order valence-corrected chi connectivity index (χ3v) is 12.1. The molecular formula is C48H85N19O11. The average Bonchev–Trinajstić information content (AvgIpc) is 4.13. The van der Waals surface area contributed by atoms with Crippen molar-refractivity contribution in [2.24, 2.45) is 50.1 Å². The number of nitrogens with two attached hydrogens (primary N) is 7. The highest BCUT2D eigenvalue weighted by Crippen LogP contribution is 2.20. The highest BCUT2D eigenvalue weighted by Gasteiger charge is 2.38. The molecule has 30 heteroatoms. The van der Waals surface area contributed by atoms with E-state index in [1.807, 2.05) is 0 Å². The monoisotopic (exact) mass is 1100 g/mol. The van der Waals surface area contributed by atoms with E-state index in [2.05, 4.69) is 57.2 Å². The number of aliphatic hydroxyl groups is 2. The van der Waals surface area contributed by atoms with E-state index in [1.165, 1.54) is 30.4 Å². The first-order chi connectivity index (χ1) is 37.3. The van der Waals surface area contributed by atoms with Gasteiger partial charge in [-0.1, -0.05) is 6.08 Å². The number of guanidine groups is 1. The van der Waals surface area contributed by atoms with Gasteiger partial charge in [-0.15, -0.1) is 0 Å². The lowest BCUT2D eigenvalue weighted by Gasteiger charge is -2.28. The minimum Gasteiger partial charge on any atom is -0.391 e. The normalized spacial score (nSPS) is 15.8. The van der Waals surface area contributed by atoms with Gasteiger partial charge in [-0.05, 0) is 117 Å². The number of nitrogens with zero attached hydrogens (tertiary/aromatic N) is 4. The molecule has 2 heterocycles. The van der Waals surface area contributed by atoms with Crippen molar-refractivity contribution >= 4 is 64.8 Å². The molecule has 0 aliphatic carbocycles. The highest BCUT2D eigenvalue weighted by molar-refractivity contribution is 6.40. The van der Waals surface area contributed by atoms with Crippen molar-refractivity contribution < 1.29 is 53.4 Å². The zero-order valence-electron chi connectivity index (χ0n) is 44.6. The van der Waals surface area contributed by atoms with E-state index < -0.39 is 109 Å². The molecular weight excluding hydrogens is 1020 g/mol. The maximum absolute atomic E-state index is 14.4. The summed E-state index contributed by atoms with van der Waals surface area (Å²) in [5.41, 5.74) is 39.1. The van der Waals surface area contributed by atoms with Crippen LogP contribution >= 0.6 is 0 Å². The van der Waals surface area contributed by atoms with Gasteiger partial charge in [-0.3, -0.25) is 48.1 Å². The molecule has 0 radical (unpaired) electrons. The van der Waals surface area contributed by atoms with Gasteiger partial charge in [0, 0.05) is 44.5 Å². The Bertz CT molecular complexity index is 2170. The minimum atomic E-state index is -1.52. The van der Waals surface area contributed by atoms with E-state index in [0.717, 1.165) is 0 Å². The van der Waals surface area contributed by atoms with Crippen LogP contribution in [0.2, 0.25) is 0 Å². The summed E-state index contributed by atoms with van der Waals surface area (Å²) in [7, 11) is 0. The average molecular weight is 1100 g/mol. The number of unbranched alkanes of at least 4 members (excludes halogenated alkanes) is 3. The van der Waals surface area contributed by atoms with E-state index in [1.54, 1.807) is 0 Å². The van der Waals surface area contributed by atoms with Crippen LogP contribution in [0.4, 0.5) is 0 Å². The molecule has 0 spiro atoms. The smallest absolute Gasteiger partial charge is 0.269 e. The second-order valence-electron chi connectivity index (χ2n) is 18.6. The molecule has 30 nitrogen and oxygen atoms in total. The number of nitrogens with one attached hydrogen (secondary N) is 8. The number of H-pyrrole nitrogens is 1.